The van der Waals surface area contributed by atoms with Gasteiger partial charge in [0.05, 0.1) is 22.0 Å². The predicted molar refractivity (Wildman–Crippen MR) is 122 cm³/mol. The summed E-state index contributed by atoms with van der Waals surface area (Å²) in [7, 11) is 0. The summed E-state index contributed by atoms with van der Waals surface area (Å²) >= 11 is 2.15. The Kier molecular flexibility index (Phi) is 5.53. The second-order valence-corrected chi connectivity index (χ2v) is 7.43. The van der Waals surface area contributed by atoms with Crippen molar-refractivity contribution in [2.45, 2.75) is 0 Å². The van der Waals surface area contributed by atoms with E-state index < -0.39 is 10.5 Å². The van der Waals surface area contributed by atoms with Crippen LogP contribution in [0.3, 0.4) is 0 Å². The largest absolute Gasteiger partial charge is 0.299 e. The fourth-order valence-electron chi connectivity index (χ4n) is 2.87. The fraction of sp³-hybridized carbons (Fsp3) is 0. The Morgan fingerprint density at radius 1 is 0.900 bits per heavy atom. The summed E-state index contributed by atoms with van der Waals surface area (Å²) in [6.07, 6.45) is 0. The lowest BCUT2D eigenvalue weighted by atomic mass is 10.1. The highest BCUT2D eigenvalue weighted by molar-refractivity contribution is 14.1. The van der Waals surface area contributed by atoms with Crippen molar-refractivity contribution in [3.05, 3.63) is 103 Å². The van der Waals surface area contributed by atoms with Gasteiger partial charge in [0.25, 0.3) is 11.2 Å². The molecule has 4 aromatic rings. The number of nitrogens with zero attached hydrogens (tertiary/aromatic N) is 4. The molecule has 0 unspecified atom stereocenters. The zero-order valence-electron chi connectivity index (χ0n) is 15.4. The molecule has 0 saturated heterocycles. The molecule has 148 valence electrons. The van der Waals surface area contributed by atoms with Crippen LogP contribution < -0.4 is 5.56 Å². The molecule has 1 aromatic heterocycles. The minimum absolute atomic E-state index is 0.0554. The number of halogens is 1. The quantitative estimate of drug-likeness (QED) is 0.159. The Morgan fingerprint density at radius 3 is 2.23 bits per heavy atom. The lowest BCUT2D eigenvalue weighted by molar-refractivity contribution is -0.384. The molecular formula is C21H14IN5O3. The Hall–Kier alpha value is -3.60. The molecule has 3 aromatic carbocycles. The number of nitrogens with one attached hydrogen (secondary N) is 1. The molecule has 0 radical (unpaired) electrons. The molecule has 8 nitrogen and oxygen atoms in total. The molecule has 0 aliphatic rings. The van der Waals surface area contributed by atoms with Crippen molar-refractivity contribution in [2.24, 2.45) is 10.2 Å². The minimum Gasteiger partial charge on any atom is -0.288 e. The predicted octanol–water partition coefficient (Wildman–Crippen LogP) is 5.76. The molecule has 0 saturated carbocycles. The topological polar surface area (TPSA) is 106 Å². The van der Waals surface area contributed by atoms with Crippen LogP contribution in [0, 0.1) is 13.7 Å². The maximum absolute atomic E-state index is 13.1. The van der Waals surface area contributed by atoms with E-state index in [2.05, 4.69) is 37.9 Å². The number of rotatable bonds is 5. The van der Waals surface area contributed by atoms with E-state index in [0.29, 0.717) is 17.1 Å². The summed E-state index contributed by atoms with van der Waals surface area (Å²) in [5.74, 6) is 0. The molecule has 9 heteroatoms. The highest BCUT2D eigenvalue weighted by Gasteiger charge is 2.17. The smallest absolute Gasteiger partial charge is 0.288 e. The Labute approximate surface area is 184 Å². The van der Waals surface area contributed by atoms with Gasteiger partial charge in [0.1, 0.15) is 0 Å². The molecule has 0 aliphatic heterocycles. The van der Waals surface area contributed by atoms with Gasteiger partial charge in [-0.15, -0.1) is 10.2 Å². The summed E-state index contributed by atoms with van der Waals surface area (Å²) in [5.41, 5.74) is 2.08. The lowest BCUT2D eigenvalue weighted by Gasteiger charge is -2.01. The SMILES string of the molecule is O=c1c(N=Nc2ccccc2I)c(-c2ccccc2)[nH]n1-c1ccc([N+](=O)[O-])cc1. The molecule has 30 heavy (non-hydrogen) atoms. The average molecular weight is 511 g/mol. The maximum Gasteiger partial charge on any atom is 0.299 e. The van der Waals surface area contributed by atoms with Crippen molar-refractivity contribution in [3.63, 3.8) is 0 Å². The number of aromatic amines is 1. The zero-order valence-corrected chi connectivity index (χ0v) is 17.6. The van der Waals surface area contributed by atoms with E-state index >= 15 is 0 Å². The molecule has 0 aliphatic carbocycles. The zero-order chi connectivity index (χ0) is 21.1. The summed E-state index contributed by atoms with van der Waals surface area (Å²) in [6.45, 7) is 0. The number of azo groups is 1. The van der Waals surface area contributed by atoms with Gasteiger partial charge in [-0.1, -0.05) is 42.5 Å². The molecule has 0 atom stereocenters. The van der Waals surface area contributed by atoms with Crippen LogP contribution in [-0.2, 0) is 0 Å². The lowest BCUT2D eigenvalue weighted by Crippen LogP contribution is -2.13. The van der Waals surface area contributed by atoms with Crippen molar-refractivity contribution in [2.75, 3.05) is 0 Å². The minimum atomic E-state index is -0.488. The van der Waals surface area contributed by atoms with Crippen molar-refractivity contribution in [1.29, 1.82) is 0 Å². The number of nitro benzene ring substituents is 1. The Morgan fingerprint density at radius 2 is 1.57 bits per heavy atom. The number of H-pyrrole nitrogens is 1. The standard InChI is InChI=1S/C21H14IN5O3/c22-17-8-4-5-9-18(17)23-24-20-19(14-6-2-1-3-7-14)25-26(21(20)28)15-10-12-16(13-11-15)27(29)30/h1-13,25H. The average Bonchev–Trinajstić information content (AvgIpc) is 3.10. The third-order valence-corrected chi connectivity index (χ3v) is 5.27. The monoisotopic (exact) mass is 511 g/mol. The molecular weight excluding hydrogens is 497 g/mol. The van der Waals surface area contributed by atoms with E-state index in [1.807, 2.05) is 54.6 Å². The summed E-state index contributed by atoms with van der Waals surface area (Å²) in [5, 5.41) is 22.5. The van der Waals surface area contributed by atoms with Gasteiger partial charge in [0.15, 0.2) is 5.69 Å². The summed E-state index contributed by atoms with van der Waals surface area (Å²) < 4.78 is 2.21. The van der Waals surface area contributed by atoms with Gasteiger partial charge >= 0.3 is 0 Å². The molecule has 4 rings (SSSR count). The van der Waals surface area contributed by atoms with Crippen LogP contribution in [0.15, 0.2) is 93.9 Å². The second-order valence-electron chi connectivity index (χ2n) is 6.27. The first-order valence-electron chi connectivity index (χ1n) is 8.86. The van der Waals surface area contributed by atoms with Gasteiger partial charge in [-0.2, -0.15) is 0 Å². The Balaban J connectivity index is 1.85. The van der Waals surface area contributed by atoms with E-state index in [9.17, 15) is 14.9 Å². The van der Waals surface area contributed by atoms with Crippen molar-refractivity contribution in [1.82, 2.24) is 9.78 Å². The number of non-ortho nitro benzene ring substituents is 1. The van der Waals surface area contributed by atoms with Gasteiger partial charge in [-0.05, 0) is 46.9 Å². The first kappa shape index (κ1) is 19.7. The second kappa shape index (κ2) is 8.41. The number of aromatic nitrogens is 2. The third-order valence-electron chi connectivity index (χ3n) is 4.36. The van der Waals surface area contributed by atoms with Crippen molar-refractivity contribution < 1.29 is 4.92 Å². The van der Waals surface area contributed by atoms with Gasteiger partial charge in [0.2, 0.25) is 0 Å². The fourth-order valence-corrected chi connectivity index (χ4v) is 3.36. The number of hydrogen-bond donors (Lipinski definition) is 1. The van der Waals surface area contributed by atoms with Crippen LogP contribution in [0.5, 0.6) is 0 Å². The highest BCUT2D eigenvalue weighted by Crippen LogP contribution is 2.29. The maximum atomic E-state index is 13.1. The van der Waals surface area contributed by atoms with Crippen LogP contribution in [0.25, 0.3) is 16.9 Å². The van der Waals surface area contributed by atoms with E-state index in [-0.39, 0.29) is 11.4 Å². The molecule has 0 fully saturated rings. The van der Waals surface area contributed by atoms with E-state index in [1.165, 1.54) is 28.9 Å². The first-order chi connectivity index (χ1) is 14.5. The summed E-state index contributed by atoms with van der Waals surface area (Å²) in [4.78, 5) is 23.5. The first-order valence-corrected chi connectivity index (χ1v) is 9.94. The van der Waals surface area contributed by atoms with E-state index in [0.717, 1.165) is 9.13 Å². The van der Waals surface area contributed by atoms with Crippen LogP contribution in [0.2, 0.25) is 0 Å². The van der Waals surface area contributed by atoms with E-state index in [4.69, 9.17) is 0 Å². The van der Waals surface area contributed by atoms with Crippen molar-refractivity contribution >= 4 is 39.7 Å². The van der Waals surface area contributed by atoms with E-state index in [1.54, 1.807) is 0 Å². The van der Waals surface area contributed by atoms with Crippen LogP contribution in [-0.4, -0.2) is 14.7 Å². The normalized spacial score (nSPS) is 11.1. The van der Waals surface area contributed by atoms with Gasteiger partial charge in [-0.25, -0.2) is 4.68 Å². The van der Waals surface area contributed by atoms with Gasteiger partial charge < -0.3 is 0 Å². The van der Waals surface area contributed by atoms with Crippen LogP contribution in [0.4, 0.5) is 17.1 Å². The number of benzene rings is 3. The number of hydrogen-bond acceptors (Lipinski definition) is 5. The van der Waals surface area contributed by atoms with Crippen LogP contribution in [0.1, 0.15) is 0 Å². The molecule has 0 amide bonds. The summed E-state index contributed by atoms with van der Waals surface area (Å²) in [6, 6.07) is 22.5. The molecule has 1 heterocycles. The van der Waals surface area contributed by atoms with Gasteiger partial charge in [-0.3, -0.25) is 20.0 Å². The molecule has 0 spiro atoms. The third kappa shape index (κ3) is 3.92. The van der Waals surface area contributed by atoms with Crippen molar-refractivity contribution in [3.8, 4) is 16.9 Å². The number of nitro groups is 1. The molecule has 1 N–H and O–H groups in total. The Bertz CT molecular complexity index is 1290. The van der Waals surface area contributed by atoms with Crippen LogP contribution >= 0.6 is 22.6 Å². The van der Waals surface area contributed by atoms with Gasteiger partial charge in [0, 0.05) is 21.3 Å². The molecule has 0 bridgehead atoms. The highest BCUT2D eigenvalue weighted by atomic mass is 127.